The van der Waals surface area contributed by atoms with Crippen molar-refractivity contribution in [1.29, 1.82) is 0 Å². The van der Waals surface area contributed by atoms with Crippen molar-refractivity contribution in [3.63, 3.8) is 0 Å². The summed E-state index contributed by atoms with van der Waals surface area (Å²) in [5, 5.41) is 11.0. The van der Waals surface area contributed by atoms with E-state index in [0.29, 0.717) is 12.3 Å². The number of anilines is 1. The number of thioether (sulfide) groups is 1. The molecule has 134 valence electrons. The van der Waals surface area contributed by atoms with E-state index < -0.39 is 6.10 Å². The second-order valence-corrected chi connectivity index (χ2v) is 7.72. The Morgan fingerprint density at radius 3 is 2.48 bits per heavy atom. The molecule has 0 saturated carbocycles. The Kier molecular flexibility index (Phi) is 6.59. The minimum absolute atomic E-state index is 0.234. The van der Waals surface area contributed by atoms with E-state index in [1.165, 1.54) is 12.1 Å². The van der Waals surface area contributed by atoms with Crippen LogP contribution in [0.4, 0.5) is 10.1 Å². The lowest BCUT2D eigenvalue weighted by atomic mass is 10.2. The van der Waals surface area contributed by atoms with Gasteiger partial charge in [-0.3, -0.25) is 4.90 Å². The van der Waals surface area contributed by atoms with Crippen LogP contribution in [0.25, 0.3) is 0 Å². The van der Waals surface area contributed by atoms with Crippen LogP contribution >= 0.6 is 23.4 Å². The van der Waals surface area contributed by atoms with Gasteiger partial charge in [0.25, 0.3) is 0 Å². The van der Waals surface area contributed by atoms with E-state index in [9.17, 15) is 9.50 Å². The van der Waals surface area contributed by atoms with Crippen LogP contribution in [0.2, 0.25) is 5.02 Å². The van der Waals surface area contributed by atoms with Gasteiger partial charge in [0.15, 0.2) is 0 Å². The second kappa shape index (κ2) is 8.90. The maximum Gasteiger partial charge on any atom is 0.123 e. The average Bonchev–Trinajstić information content (AvgIpc) is 2.62. The van der Waals surface area contributed by atoms with Crippen LogP contribution in [0, 0.1) is 5.82 Å². The third-order valence-electron chi connectivity index (χ3n) is 4.27. The molecule has 1 fully saturated rings. The van der Waals surface area contributed by atoms with Gasteiger partial charge in [-0.15, -0.1) is 11.8 Å². The molecule has 0 unspecified atom stereocenters. The summed E-state index contributed by atoms with van der Waals surface area (Å²) in [5.74, 6) is 0.377. The fourth-order valence-electron chi connectivity index (χ4n) is 2.94. The standard InChI is InChI=1S/C19H22ClFN2OS/c20-15-2-1-3-17(12-15)23-10-8-22(9-11-23)13-18(24)14-25-19-6-4-16(21)5-7-19/h1-7,12,18,24H,8-11,13-14H2/t18-/m1/s1. The number of halogens is 2. The van der Waals surface area contributed by atoms with Crippen molar-refractivity contribution in [2.75, 3.05) is 43.4 Å². The number of piperazine rings is 1. The molecule has 0 aromatic heterocycles. The number of aliphatic hydroxyl groups is 1. The monoisotopic (exact) mass is 380 g/mol. The van der Waals surface area contributed by atoms with Gasteiger partial charge in [-0.25, -0.2) is 4.39 Å². The second-order valence-electron chi connectivity index (χ2n) is 6.19. The third kappa shape index (κ3) is 5.61. The molecule has 1 heterocycles. The van der Waals surface area contributed by atoms with Crippen molar-refractivity contribution in [2.24, 2.45) is 0 Å². The number of rotatable bonds is 6. The number of hydrogen-bond donors (Lipinski definition) is 1. The number of nitrogens with zero attached hydrogens (tertiary/aromatic N) is 2. The van der Waals surface area contributed by atoms with E-state index in [2.05, 4.69) is 15.9 Å². The molecule has 0 spiro atoms. The molecule has 1 aliphatic rings. The fourth-order valence-corrected chi connectivity index (χ4v) is 3.94. The molecule has 0 bridgehead atoms. The van der Waals surface area contributed by atoms with Crippen LogP contribution in [0.5, 0.6) is 0 Å². The Morgan fingerprint density at radius 2 is 1.80 bits per heavy atom. The predicted octanol–water partition coefficient (Wildman–Crippen LogP) is 3.75. The first kappa shape index (κ1) is 18.5. The molecule has 3 rings (SSSR count). The zero-order valence-electron chi connectivity index (χ0n) is 13.9. The quantitative estimate of drug-likeness (QED) is 0.772. The van der Waals surface area contributed by atoms with E-state index in [1.54, 1.807) is 23.9 Å². The van der Waals surface area contributed by atoms with Crippen LogP contribution in [0.1, 0.15) is 0 Å². The highest BCUT2D eigenvalue weighted by atomic mass is 35.5. The lowest BCUT2D eigenvalue weighted by Gasteiger charge is -2.37. The molecule has 1 aliphatic heterocycles. The topological polar surface area (TPSA) is 26.7 Å². The van der Waals surface area contributed by atoms with Gasteiger partial charge in [-0.2, -0.15) is 0 Å². The summed E-state index contributed by atoms with van der Waals surface area (Å²) in [6.07, 6.45) is -0.396. The van der Waals surface area contributed by atoms with Crippen LogP contribution in [-0.2, 0) is 0 Å². The Balaban J connectivity index is 1.41. The normalized spacial score (nSPS) is 16.8. The van der Waals surface area contributed by atoms with E-state index in [1.807, 2.05) is 18.2 Å². The molecule has 0 aliphatic carbocycles. The summed E-state index contributed by atoms with van der Waals surface area (Å²) in [6.45, 7) is 4.36. The molecule has 0 amide bonds. The van der Waals surface area contributed by atoms with Crippen molar-refractivity contribution >= 4 is 29.1 Å². The van der Waals surface area contributed by atoms with Gasteiger partial charge in [0.1, 0.15) is 5.82 Å². The zero-order chi connectivity index (χ0) is 17.6. The highest BCUT2D eigenvalue weighted by Crippen LogP contribution is 2.22. The highest BCUT2D eigenvalue weighted by molar-refractivity contribution is 7.99. The average molecular weight is 381 g/mol. The summed E-state index contributed by atoms with van der Waals surface area (Å²) in [4.78, 5) is 5.59. The van der Waals surface area contributed by atoms with Crippen molar-refractivity contribution in [3.8, 4) is 0 Å². The number of benzene rings is 2. The molecular formula is C19H22ClFN2OS. The van der Waals surface area contributed by atoms with E-state index in [4.69, 9.17) is 11.6 Å². The molecule has 2 aromatic carbocycles. The molecule has 2 aromatic rings. The number of hydrogen-bond acceptors (Lipinski definition) is 4. The van der Waals surface area contributed by atoms with Gasteiger partial charge in [0, 0.05) is 54.1 Å². The maximum atomic E-state index is 12.9. The lowest BCUT2D eigenvalue weighted by molar-refractivity contribution is 0.126. The summed E-state index contributed by atoms with van der Waals surface area (Å²) >= 11 is 7.62. The summed E-state index contributed by atoms with van der Waals surface area (Å²) in [5.41, 5.74) is 1.15. The Bertz CT molecular complexity index is 677. The molecule has 0 radical (unpaired) electrons. The van der Waals surface area contributed by atoms with Crippen molar-refractivity contribution in [3.05, 3.63) is 59.4 Å². The predicted molar refractivity (Wildman–Crippen MR) is 103 cm³/mol. The molecule has 1 atom stereocenters. The summed E-state index contributed by atoms with van der Waals surface area (Å²) < 4.78 is 12.9. The molecule has 25 heavy (non-hydrogen) atoms. The lowest BCUT2D eigenvalue weighted by Crippen LogP contribution is -2.48. The smallest absolute Gasteiger partial charge is 0.123 e. The van der Waals surface area contributed by atoms with Crippen LogP contribution in [0.15, 0.2) is 53.4 Å². The van der Waals surface area contributed by atoms with Gasteiger partial charge < -0.3 is 10.0 Å². The van der Waals surface area contributed by atoms with E-state index in [-0.39, 0.29) is 5.82 Å². The first-order valence-corrected chi connectivity index (χ1v) is 9.76. The van der Waals surface area contributed by atoms with Crippen molar-refractivity contribution in [1.82, 2.24) is 4.90 Å². The van der Waals surface area contributed by atoms with Crippen LogP contribution < -0.4 is 4.90 Å². The third-order valence-corrected chi connectivity index (χ3v) is 5.66. The molecule has 1 saturated heterocycles. The number of aliphatic hydroxyl groups excluding tert-OH is 1. The first-order chi connectivity index (χ1) is 12.1. The van der Waals surface area contributed by atoms with Crippen LogP contribution in [0.3, 0.4) is 0 Å². The number of β-amino-alcohol motifs (C(OH)–C–C–N with tert-alkyl or cyclic N) is 1. The summed E-state index contributed by atoms with van der Waals surface area (Å²) in [7, 11) is 0. The van der Waals surface area contributed by atoms with Gasteiger partial charge in [-0.05, 0) is 42.5 Å². The van der Waals surface area contributed by atoms with Crippen molar-refractivity contribution in [2.45, 2.75) is 11.0 Å². The SMILES string of the molecule is O[C@@H](CSc1ccc(F)cc1)CN1CCN(c2cccc(Cl)c2)CC1. The van der Waals surface area contributed by atoms with Crippen LogP contribution in [-0.4, -0.2) is 54.6 Å². The Hall–Kier alpha value is -1.27. The highest BCUT2D eigenvalue weighted by Gasteiger charge is 2.19. The minimum atomic E-state index is -0.396. The fraction of sp³-hybridized carbons (Fsp3) is 0.368. The van der Waals surface area contributed by atoms with Gasteiger partial charge in [-0.1, -0.05) is 17.7 Å². The molecular weight excluding hydrogens is 359 g/mol. The van der Waals surface area contributed by atoms with Gasteiger partial charge >= 0.3 is 0 Å². The van der Waals surface area contributed by atoms with Gasteiger partial charge in [0.2, 0.25) is 0 Å². The molecule has 3 nitrogen and oxygen atoms in total. The largest absolute Gasteiger partial charge is 0.391 e. The van der Waals surface area contributed by atoms with Gasteiger partial charge in [0.05, 0.1) is 6.10 Å². The molecule has 1 N–H and O–H groups in total. The van der Waals surface area contributed by atoms with E-state index >= 15 is 0 Å². The minimum Gasteiger partial charge on any atom is -0.391 e. The first-order valence-electron chi connectivity index (χ1n) is 8.39. The van der Waals surface area contributed by atoms with E-state index in [0.717, 1.165) is 41.8 Å². The Morgan fingerprint density at radius 1 is 1.08 bits per heavy atom. The van der Waals surface area contributed by atoms with Crippen molar-refractivity contribution < 1.29 is 9.50 Å². The zero-order valence-corrected chi connectivity index (χ0v) is 15.5. The Labute approximate surface area is 157 Å². The molecule has 6 heteroatoms. The maximum absolute atomic E-state index is 12.9. The summed E-state index contributed by atoms with van der Waals surface area (Å²) in [6, 6.07) is 14.3.